The SMILES string of the molecule is COc1ccc(NC(C)(C)C(=O)N(C)C(C)Cc2cc(C)ccn2)cc1.O=CO. The van der Waals surface area contributed by atoms with Crippen LogP contribution in [0.2, 0.25) is 0 Å². The zero-order valence-electron chi connectivity index (χ0n) is 18.0. The zero-order valence-corrected chi connectivity index (χ0v) is 18.0. The van der Waals surface area contributed by atoms with Gasteiger partial charge in [0, 0.05) is 37.1 Å². The molecule has 0 bridgehead atoms. The normalized spacial score (nSPS) is 11.5. The number of ether oxygens (including phenoxy) is 1. The Balaban J connectivity index is 0.00000132. The van der Waals surface area contributed by atoms with Crippen LogP contribution in [-0.4, -0.2) is 53.1 Å². The minimum Gasteiger partial charge on any atom is -0.497 e. The van der Waals surface area contributed by atoms with E-state index >= 15 is 0 Å². The van der Waals surface area contributed by atoms with Gasteiger partial charge < -0.3 is 20.1 Å². The van der Waals surface area contributed by atoms with Crippen molar-refractivity contribution in [2.75, 3.05) is 19.5 Å². The van der Waals surface area contributed by atoms with E-state index in [1.807, 2.05) is 71.3 Å². The van der Waals surface area contributed by atoms with Crippen LogP contribution < -0.4 is 10.1 Å². The van der Waals surface area contributed by atoms with Gasteiger partial charge in [-0.1, -0.05) is 0 Å². The molecule has 29 heavy (non-hydrogen) atoms. The molecule has 0 radical (unpaired) electrons. The van der Waals surface area contributed by atoms with E-state index in [1.165, 1.54) is 5.56 Å². The molecule has 0 saturated heterocycles. The number of carboxylic acid groups (broad SMARTS) is 1. The minimum absolute atomic E-state index is 0.0356. The quantitative estimate of drug-likeness (QED) is 0.691. The van der Waals surface area contributed by atoms with Crippen molar-refractivity contribution >= 4 is 18.1 Å². The molecule has 1 amide bonds. The average Bonchev–Trinajstić information content (AvgIpc) is 2.67. The average molecular weight is 402 g/mol. The summed E-state index contributed by atoms with van der Waals surface area (Å²) in [4.78, 5) is 27.6. The molecule has 0 aliphatic carbocycles. The lowest BCUT2D eigenvalue weighted by Crippen LogP contribution is -2.51. The third kappa shape index (κ3) is 7.44. The highest BCUT2D eigenvalue weighted by molar-refractivity contribution is 5.88. The molecule has 2 N–H and O–H groups in total. The maximum atomic E-state index is 13.0. The van der Waals surface area contributed by atoms with Crippen molar-refractivity contribution in [1.82, 2.24) is 9.88 Å². The van der Waals surface area contributed by atoms with Gasteiger partial charge in [0.2, 0.25) is 5.91 Å². The number of hydrogen-bond donors (Lipinski definition) is 2. The van der Waals surface area contributed by atoms with Crippen LogP contribution >= 0.6 is 0 Å². The highest BCUT2D eigenvalue weighted by Gasteiger charge is 2.32. The highest BCUT2D eigenvalue weighted by atomic mass is 16.5. The fourth-order valence-corrected chi connectivity index (χ4v) is 2.88. The molecule has 1 unspecified atom stereocenters. The van der Waals surface area contributed by atoms with E-state index in [-0.39, 0.29) is 18.4 Å². The molecule has 1 heterocycles. The van der Waals surface area contributed by atoms with Gasteiger partial charge in [0.05, 0.1) is 7.11 Å². The summed E-state index contributed by atoms with van der Waals surface area (Å²) in [5.41, 5.74) is 2.33. The molecule has 0 aliphatic rings. The number of carbonyl (C=O) groups excluding carboxylic acids is 1. The van der Waals surface area contributed by atoms with Gasteiger partial charge in [0.15, 0.2) is 0 Å². The molecule has 1 aromatic carbocycles. The van der Waals surface area contributed by atoms with Crippen LogP contribution in [0.3, 0.4) is 0 Å². The van der Waals surface area contributed by atoms with E-state index in [2.05, 4.69) is 16.4 Å². The number of nitrogens with one attached hydrogen (secondary N) is 1. The van der Waals surface area contributed by atoms with Crippen molar-refractivity contribution in [2.24, 2.45) is 0 Å². The van der Waals surface area contributed by atoms with Crippen molar-refractivity contribution in [3.63, 3.8) is 0 Å². The summed E-state index contributed by atoms with van der Waals surface area (Å²) >= 11 is 0. The molecule has 1 atom stereocenters. The predicted octanol–water partition coefficient (Wildman–Crippen LogP) is 3.38. The third-order valence-electron chi connectivity index (χ3n) is 4.54. The van der Waals surface area contributed by atoms with E-state index in [9.17, 15) is 4.79 Å². The van der Waals surface area contributed by atoms with Crippen molar-refractivity contribution < 1.29 is 19.4 Å². The Bertz CT molecular complexity index is 791. The largest absolute Gasteiger partial charge is 0.497 e. The lowest BCUT2D eigenvalue weighted by Gasteiger charge is -2.34. The molecule has 2 rings (SSSR count). The number of amides is 1. The molecule has 0 spiro atoms. The molecule has 0 saturated carbocycles. The molecule has 7 nitrogen and oxygen atoms in total. The number of carbonyl (C=O) groups is 2. The van der Waals surface area contributed by atoms with Crippen molar-refractivity contribution in [1.29, 1.82) is 0 Å². The third-order valence-corrected chi connectivity index (χ3v) is 4.54. The number of pyridine rings is 1. The van der Waals surface area contributed by atoms with Crippen LogP contribution in [0.25, 0.3) is 0 Å². The van der Waals surface area contributed by atoms with Crippen LogP contribution in [0, 0.1) is 6.92 Å². The van der Waals surface area contributed by atoms with Gasteiger partial charge in [-0.2, -0.15) is 0 Å². The van der Waals surface area contributed by atoms with E-state index in [0.29, 0.717) is 0 Å². The summed E-state index contributed by atoms with van der Waals surface area (Å²) in [6.07, 6.45) is 2.54. The lowest BCUT2D eigenvalue weighted by atomic mass is 10.0. The monoisotopic (exact) mass is 401 g/mol. The van der Waals surface area contributed by atoms with Crippen molar-refractivity contribution in [3.8, 4) is 5.75 Å². The number of likely N-dealkylation sites (N-methyl/N-ethyl adjacent to an activating group) is 1. The standard InChI is InChI=1S/C21H29N3O2.CH2O2/c1-15-11-12-22-18(13-15)14-16(2)24(5)20(25)21(3,4)23-17-7-9-19(26-6)10-8-17;2-1-3/h7-13,16,23H,14H2,1-6H3;1H,(H,2,3). The molecule has 7 heteroatoms. The molecular weight excluding hydrogens is 370 g/mol. The Labute approximate surface area is 172 Å². The summed E-state index contributed by atoms with van der Waals surface area (Å²) in [7, 11) is 3.48. The molecule has 0 fully saturated rings. The topological polar surface area (TPSA) is 91.8 Å². The van der Waals surface area contributed by atoms with Crippen molar-refractivity contribution in [2.45, 2.75) is 45.7 Å². The molecule has 0 aliphatic heterocycles. The fraction of sp³-hybridized carbons (Fsp3) is 0.409. The summed E-state index contributed by atoms with van der Waals surface area (Å²) < 4.78 is 5.17. The van der Waals surface area contributed by atoms with E-state index in [1.54, 1.807) is 12.0 Å². The molecular formula is C22H31N3O4. The van der Waals surface area contributed by atoms with Crippen LogP contribution in [0.1, 0.15) is 32.0 Å². The van der Waals surface area contributed by atoms with Crippen LogP contribution in [0.15, 0.2) is 42.6 Å². The van der Waals surface area contributed by atoms with Crippen LogP contribution in [-0.2, 0) is 16.0 Å². The Morgan fingerprint density at radius 2 is 1.90 bits per heavy atom. The number of rotatable bonds is 7. The Morgan fingerprint density at radius 3 is 2.41 bits per heavy atom. The second-order valence-electron chi connectivity index (χ2n) is 7.38. The lowest BCUT2D eigenvalue weighted by molar-refractivity contribution is -0.135. The smallest absolute Gasteiger partial charge is 0.290 e. The molecule has 1 aromatic heterocycles. The minimum atomic E-state index is -0.725. The maximum Gasteiger partial charge on any atom is 0.290 e. The van der Waals surface area contributed by atoms with Gasteiger partial charge in [-0.05, 0) is 69.7 Å². The van der Waals surface area contributed by atoms with Crippen molar-refractivity contribution in [3.05, 3.63) is 53.9 Å². The van der Waals surface area contributed by atoms with Gasteiger partial charge in [-0.15, -0.1) is 0 Å². The first-order valence-corrected chi connectivity index (χ1v) is 9.33. The van der Waals surface area contributed by atoms with Gasteiger partial charge in [0.1, 0.15) is 11.3 Å². The number of methoxy groups -OCH3 is 1. The second kappa shape index (κ2) is 11.0. The number of aryl methyl sites for hydroxylation is 1. The van der Waals surface area contributed by atoms with Crippen LogP contribution in [0.4, 0.5) is 5.69 Å². The van der Waals surface area contributed by atoms with Gasteiger partial charge in [0.25, 0.3) is 6.47 Å². The Hall–Kier alpha value is -3.09. The first-order chi connectivity index (χ1) is 13.6. The molecule has 2 aromatic rings. The summed E-state index contributed by atoms with van der Waals surface area (Å²) in [5.74, 6) is 0.824. The first-order valence-electron chi connectivity index (χ1n) is 9.33. The zero-order chi connectivity index (χ0) is 22.0. The molecule has 158 valence electrons. The second-order valence-corrected chi connectivity index (χ2v) is 7.38. The van der Waals surface area contributed by atoms with Gasteiger partial charge in [-0.3, -0.25) is 14.6 Å². The number of nitrogens with zero attached hydrogens (tertiary/aromatic N) is 2. The summed E-state index contributed by atoms with van der Waals surface area (Å²) in [5, 5.41) is 10.2. The fourth-order valence-electron chi connectivity index (χ4n) is 2.88. The summed E-state index contributed by atoms with van der Waals surface area (Å²) in [6.45, 7) is 7.64. The number of hydrogen-bond acceptors (Lipinski definition) is 5. The van der Waals surface area contributed by atoms with E-state index < -0.39 is 5.54 Å². The number of aromatic nitrogens is 1. The Kier molecular flexibility index (Phi) is 9.12. The first kappa shape index (κ1) is 23.9. The Morgan fingerprint density at radius 1 is 1.31 bits per heavy atom. The highest BCUT2D eigenvalue weighted by Crippen LogP contribution is 2.21. The summed E-state index contributed by atoms with van der Waals surface area (Å²) in [6, 6.07) is 11.7. The van der Waals surface area contributed by atoms with Crippen LogP contribution in [0.5, 0.6) is 5.75 Å². The van der Waals surface area contributed by atoms with E-state index in [4.69, 9.17) is 14.6 Å². The predicted molar refractivity (Wildman–Crippen MR) is 114 cm³/mol. The van der Waals surface area contributed by atoms with Gasteiger partial charge >= 0.3 is 0 Å². The number of benzene rings is 1. The maximum absolute atomic E-state index is 13.0. The van der Waals surface area contributed by atoms with Gasteiger partial charge in [-0.25, -0.2) is 0 Å². The van der Waals surface area contributed by atoms with E-state index in [0.717, 1.165) is 23.6 Å². The number of anilines is 1.